The van der Waals surface area contributed by atoms with Gasteiger partial charge in [0.15, 0.2) is 6.61 Å². The van der Waals surface area contributed by atoms with Crippen molar-refractivity contribution in [2.24, 2.45) is 0 Å². The number of hydrogen-bond donors (Lipinski definition) is 2. The van der Waals surface area contributed by atoms with E-state index >= 15 is 0 Å². The molecule has 1 aromatic carbocycles. The second kappa shape index (κ2) is 5.17. The molecule has 0 saturated carbocycles. The van der Waals surface area contributed by atoms with Gasteiger partial charge in [-0.1, -0.05) is 0 Å². The molecule has 2 N–H and O–H groups in total. The Morgan fingerprint density at radius 2 is 2.20 bits per heavy atom. The average molecular weight is 288 g/mol. The molecular formula is C15H16N2O2S. The van der Waals surface area contributed by atoms with Crippen molar-refractivity contribution in [2.45, 2.75) is 20.4 Å². The summed E-state index contributed by atoms with van der Waals surface area (Å²) in [5, 5.41) is 6.19. The molecule has 1 aromatic heterocycles. The number of ether oxygens (including phenoxy) is 1. The Kier molecular flexibility index (Phi) is 3.36. The highest BCUT2D eigenvalue weighted by Gasteiger charge is 2.15. The Labute approximate surface area is 121 Å². The van der Waals surface area contributed by atoms with Crippen LogP contribution in [0, 0.1) is 13.8 Å². The topological polar surface area (TPSA) is 50.4 Å². The number of rotatable bonds is 3. The number of benzene rings is 1. The molecule has 0 aliphatic carbocycles. The van der Waals surface area contributed by atoms with Gasteiger partial charge < -0.3 is 15.4 Å². The van der Waals surface area contributed by atoms with Crippen molar-refractivity contribution in [2.75, 3.05) is 17.2 Å². The minimum Gasteiger partial charge on any atom is -0.482 e. The van der Waals surface area contributed by atoms with Crippen LogP contribution in [0.4, 0.5) is 11.4 Å². The smallest absolute Gasteiger partial charge is 0.262 e. The van der Waals surface area contributed by atoms with Crippen LogP contribution in [0.1, 0.15) is 15.3 Å². The van der Waals surface area contributed by atoms with E-state index < -0.39 is 0 Å². The van der Waals surface area contributed by atoms with E-state index in [4.69, 9.17) is 4.74 Å². The van der Waals surface area contributed by atoms with E-state index in [9.17, 15) is 4.79 Å². The van der Waals surface area contributed by atoms with Gasteiger partial charge in [0.05, 0.1) is 5.69 Å². The summed E-state index contributed by atoms with van der Waals surface area (Å²) in [4.78, 5) is 14.0. The van der Waals surface area contributed by atoms with Crippen LogP contribution in [-0.2, 0) is 11.3 Å². The van der Waals surface area contributed by atoms with Gasteiger partial charge >= 0.3 is 0 Å². The molecule has 104 valence electrons. The van der Waals surface area contributed by atoms with Crippen LogP contribution < -0.4 is 15.4 Å². The first kappa shape index (κ1) is 13.0. The van der Waals surface area contributed by atoms with Gasteiger partial charge in [0.25, 0.3) is 5.91 Å². The Balaban J connectivity index is 1.73. The van der Waals surface area contributed by atoms with E-state index in [0.29, 0.717) is 0 Å². The number of thiophene rings is 1. The molecule has 1 amide bonds. The molecule has 2 aromatic rings. The third kappa shape index (κ3) is 2.63. The fraction of sp³-hybridized carbons (Fsp3) is 0.267. The highest BCUT2D eigenvalue weighted by atomic mass is 32.1. The highest BCUT2D eigenvalue weighted by molar-refractivity contribution is 7.12. The molecule has 3 rings (SSSR count). The summed E-state index contributed by atoms with van der Waals surface area (Å²) in [6.45, 7) is 5.12. The van der Waals surface area contributed by atoms with E-state index in [-0.39, 0.29) is 12.5 Å². The Morgan fingerprint density at radius 1 is 1.35 bits per heavy atom. The van der Waals surface area contributed by atoms with E-state index in [2.05, 4.69) is 30.5 Å². The number of carbonyl (C=O) groups is 1. The first-order valence-electron chi connectivity index (χ1n) is 6.48. The van der Waals surface area contributed by atoms with Crippen LogP contribution in [0.25, 0.3) is 0 Å². The van der Waals surface area contributed by atoms with Gasteiger partial charge in [-0.2, -0.15) is 0 Å². The molecular weight excluding hydrogens is 272 g/mol. The first-order chi connectivity index (χ1) is 9.61. The molecule has 2 heterocycles. The second-order valence-corrected chi connectivity index (χ2v) is 6.30. The molecule has 5 heteroatoms. The number of aryl methyl sites for hydroxylation is 2. The van der Waals surface area contributed by atoms with Crippen molar-refractivity contribution >= 4 is 28.6 Å². The summed E-state index contributed by atoms with van der Waals surface area (Å²) in [5.74, 6) is 0.608. The number of fused-ring (bicyclic) bond motifs is 1. The zero-order valence-corrected chi connectivity index (χ0v) is 12.3. The lowest BCUT2D eigenvalue weighted by Gasteiger charge is -2.18. The van der Waals surface area contributed by atoms with E-state index in [1.807, 2.05) is 29.5 Å². The predicted molar refractivity (Wildman–Crippen MR) is 81.7 cm³/mol. The first-order valence-corrected chi connectivity index (χ1v) is 7.30. The van der Waals surface area contributed by atoms with E-state index in [1.54, 1.807) is 0 Å². The van der Waals surface area contributed by atoms with Crippen LogP contribution in [-0.4, -0.2) is 12.5 Å². The molecule has 0 atom stereocenters. The lowest BCUT2D eigenvalue weighted by Crippen LogP contribution is -2.25. The molecule has 4 nitrogen and oxygen atoms in total. The zero-order valence-electron chi connectivity index (χ0n) is 11.4. The lowest BCUT2D eigenvalue weighted by atomic mass is 10.2. The van der Waals surface area contributed by atoms with Crippen LogP contribution in [0.3, 0.4) is 0 Å². The van der Waals surface area contributed by atoms with Crippen LogP contribution in [0.5, 0.6) is 5.75 Å². The Hall–Kier alpha value is -2.01. The number of hydrogen-bond acceptors (Lipinski definition) is 4. The predicted octanol–water partition coefficient (Wildman–Crippen LogP) is 3.31. The van der Waals surface area contributed by atoms with Crippen molar-refractivity contribution in [3.8, 4) is 5.75 Å². The fourth-order valence-electron chi connectivity index (χ4n) is 2.25. The Morgan fingerprint density at radius 3 is 2.95 bits per heavy atom. The summed E-state index contributed by atoms with van der Waals surface area (Å²) < 4.78 is 5.34. The zero-order chi connectivity index (χ0) is 14.1. The van der Waals surface area contributed by atoms with Gasteiger partial charge in [0.2, 0.25) is 0 Å². The summed E-state index contributed by atoms with van der Waals surface area (Å²) in [7, 11) is 0. The normalized spacial score (nSPS) is 13.4. The summed E-state index contributed by atoms with van der Waals surface area (Å²) in [5.41, 5.74) is 3.01. The van der Waals surface area contributed by atoms with Crippen molar-refractivity contribution in [3.05, 3.63) is 39.6 Å². The lowest BCUT2D eigenvalue weighted by molar-refractivity contribution is -0.118. The van der Waals surface area contributed by atoms with E-state index in [0.717, 1.165) is 23.7 Å². The molecule has 0 spiro atoms. The van der Waals surface area contributed by atoms with Crippen LogP contribution >= 0.6 is 11.3 Å². The number of carbonyl (C=O) groups excluding carboxylic acids is 1. The quantitative estimate of drug-likeness (QED) is 0.911. The minimum atomic E-state index is -0.112. The van der Waals surface area contributed by atoms with Crippen LogP contribution in [0.2, 0.25) is 0 Å². The van der Waals surface area contributed by atoms with Gasteiger partial charge in [0, 0.05) is 22.0 Å². The summed E-state index contributed by atoms with van der Waals surface area (Å²) >= 11 is 1.81. The third-order valence-electron chi connectivity index (χ3n) is 3.24. The fourth-order valence-corrected chi connectivity index (χ4v) is 3.20. The number of anilines is 2. The molecule has 0 radical (unpaired) electrons. The molecule has 0 fully saturated rings. The maximum Gasteiger partial charge on any atom is 0.262 e. The van der Waals surface area contributed by atoms with Gasteiger partial charge in [0.1, 0.15) is 5.75 Å². The van der Waals surface area contributed by atoms with Gasteiger partial charge in [-0.25, -0.2) is 0 Å². The van der Waals surface area contributed by atoms with Crippen molar-refractivity contribution < 1.29 is 9.53 Å². The molecule has 0 saturated heterocycles. The minimum absolute atomic E-state index is 0.0904. The summed E-state index contributed by atoms with van der Waals surface area (Å²) in [6, 6.07) is 7.95. The van der Waals surface area contributed by atoms with Gasteiger partial charge in [-0.05, 0) is 43.7 Å². The molecule has 0 bridgehead atoms. The van der Waals surface area contributed by atoms with Gasteiger partial charge in [-0.15, -0.1) is 11.3 Å². The number of amides is 1. The van der Waals surface area contributed by atoms with Crippen molar-refractivity contribution in [1.29, 1.82) is 0 Å². The average Bonchev–Trinajstić information content (AvgIpc) is 2.74. The Bertz CT molecular complexity index is 664. The molecule has 1 aliphatic heterocycles. The monoisotopic (exact) mass is 288 g/mol. The molecule has 0 unspecified atom stereocenters. The largest absolute Gasteiger partial charge is 0.482 e. The third-order valence-corrected chi connectivity index (χ3v) is 4.25. The maximum absolute atomic E-state index is 11.3. The highest BCUT2D eigenvalue weighted by Crippen LogP contribution is 2.31. The van der Waals surface area contributed by atoms with Crippen LogP contribution in [0.15, 0.2) is 24.3 Å². The standard InChI is InChI=1S/C15H16N2O2S/c1-9-5-11(10(2)20-9)7-16-12-3-4-14-13(6-12)17-15(18)8-19-14/h3-6,16H,7-8H2,1-2H3,(H,17,18). The SMILES string of the molecule is Cc1cc(CNc2ccc3c(c2)NC(=O)CO3)c(C)s1. The van der Waals surface area contributed by atoms with Crippen molar-refractivity contribution in [3.63, 3.8) is 0 Å². The molecule has 20 heavy (non-hydrogen) atoms. The van der Waals surface area contributed by atoms with Crippen molar-refractivity contribution in [1.82, 2.24) is 0 Å². The number of nitrogens with one attached hydrogen (secondary N) is 2. The second-order valence-electron chi connectivity index (χ2n) is 4.84. The maximum atomic E-state index is 11.3. The summed E-state index contributed by atoms with van der Waals surface area (Å²) in [6.07, 6.45) is 0. The molecule has 1 aliphatic rings. The van der Waals surface area contributed by atoms with E-state index in [1.165, 1.54) is 15.3 Å². The van der Waals surface area contributed by atoms with Gasteiger partial charge in [-0.3, -0.25) is 4.79 Å².